The first-order valence-electron chi connectivity index (χ1n) is 12.6. The van der Waals surface area contributed by atoms with E-state index in [1.54, 1.807) is 4.90 Å². The molecule has 2 aliphatic rings. The van der Waals surface area contributed by atoms with Crippen LogP contribution in [0.2, 0.25) is 0 Å². The third kappa shape index (κ3) is 5.93. The largest absolute Gasteiger partial charge is 0.459 e. The molecule has 1 aliphatic carbocycles. The molecular weight excluding hydrogens is 527 g/mol. The quantitative estimate of drug-likeness (QED) is 0.405. The number of amides is 2. The van der Waals surface area contributed by atoms with Gasteiger partial charge in [0.15, 0.2) is 0 Å². The average molecular weight is 554 g/mol. The summed E-state index contributed by atoms with van der Waals surface area (Å²) in [5.41, 5.74) is 0.0740. The second-order valence-electron chi connectivity index (χ2n) is 10.2. The molecule has 1 saturated carbocycles. The molecule has 2 fully saturated rings. The molecule has 3 aromatic rings. The van der Waals surface area contributed by atoms with E-state index >= 15 is 0 Å². The molecule has 1 saturated heterocycles. The molecule has 1 aromatic heterocycles. The summed E-state index contributed by atoms with van der Waals surface area (Å²) in [6.07, 6.45) is -2.52. The number of carbonyl (C=O) groups is 3. The van der Waals surface area contributed by atoms with Crippen LogP contribution in [0.15, 0.2) is 72.9 Å². The van der Waals surface area contributed by atoms with Gasteiger partial charge in [-0.1, -0.05) is 37.3 Å². The van der Waals surface area contributed by atoms with Crippen LogP contribution in [0.4, 0.5) is 13.2 Å². The van der Waals surface area contributed by atoms with Crippen molar-refractivity contribution in [3.8, 4) is 11.6 Å². The highest BCUT2D eigenvalue weighted by Crippen LogP contribution is 2.59. The maximum absolute atomic E-state index is 13.1. The number of nitrogens with zero attached hydrogens (tertiary/aromatic N) is 2. The van der Waals surface area contributed by atoms with Crippen LogP contribution in [0.25, 0.3) is 0 Å². The number of carbonyl (C=O) groups excluding carboxylic acids is 3. The molecular formula is C29H26F3N3O5. The van der Waals surface area contributed by atoms with Gasteiger partial charge < -0.3 is 19.7 Å². The van der Waals surface area contributed by atoms with Gasteiger partial charge in [0.25, 0.3) is 5.91 Å². The van der Waals surface area contributed by atoms with Gasteiger partial charge in [-0.2, -0.15) is 13.2 Å². The first kappa shape index (κ1) is 27.2. The average Bonchev–Trinajstić information content (AvgIpc) is 3.50. The Labute approximate surface area is 228 Å². The number of aromatic nitrogens is 1. The van der Waals surface area contributed by atoms with Crippen molar-refractivity contribution in [2.24, 2.45) is 5.41 Å². The van der Waals surface area contributed by atoms with Crippen molar-refractivity contribution in [3.05, 3.63) is 89.6 Å². The topological polar surface area (TPSA) is 97.8 Å². The number of esters is 1. The Balaban J connectivity index is 1.14. The van der Waals surface area contributed by atoms with E-state index in [4.69, 9.17) is 9.47 Å². The fourth-order valence-corrected chi connectivity index (χ4v) is 4.92. The summed E-state index contributed by atoms with van der Waals surface area (Å²) in [6.45, 7) is 1.86. The van der Waals surface area contributed by atoms with Gasteiger partial charge in [-0.3, -0.25) is 9.59 Å². The summed E-state index contributed by atoms with van der Waals surface area (Å²) in [5, 5.41) is 2.59. The number of rotatable bonds is 8. The Morgan fingerprint density at radius 3 is 2.40 bits per heavy atom. The number of ether oxygens (including phenoxy) is 2. The summed E-state index contributed by atoms with van der Waals surface area (Å²) in [7, 11) is 0. The van der Waals surface area contributed by atoms with E-state index in [0.29, 0.717) is 12.6 Å². The van der Waals surface area contributed by atoms with Gasteiger partial charge in [-0.15, -0.1) is 0 Å². The van der Waals surface area contributed by atoms with Gasteiger partial charge in [0.1, 0.15) is 18.4 Å². The van der Waals surface area contributed by atoms with E-state index in [1.807, 2.05) is 37.3 Å². The van der Waals surface area contributed by atoms with Gasteiger partial charge in [0.2, 0.25) is 11.8 Å². The first-order valence-corrected chi connectivity index (χ1v) is 12.6. The molecule has 0 unspecified atom stereocenters. The lowest BCUT2D eigenvalue weighted by molar-refractivity contribution is -0.155. The van der Waals surface area contributed by atoms with Crippen LogP contribution in [0.1, 0.15) is 41.3 Å². The van der Waals surface area contributed by atoms with Crippen molar-refractivity contribution < 1.29 is 37.0 Å². The summed E-state index contributed by atoms with van der Waals surface area (Å²) in [6, 6.07) is 16.3. The van der Waals surface area contributed by atoms with Gasteiger partial charge in [-0.05, 0) is 54.2 Å². The smallest absolute Gasteiger partial charge is 0.417 e. The van der Waals surface area contributed by atoms with Crippen LogP contribution in [-0.4, -0.2) is 46.3 Å². The van der Waals surface area contributed by atoms with Crippen LogP contribution >= 0.6 is 0 Å². The molecule has 2 aromatic carbocycles. The van der Waals surface area contributed by atoms with Gasteiger partial charge in [0.05, 0.1) is 12.1 Å². The summed E-state index contributed by atoms with van der Waals surface area (Å²) >= 11 is 0. The third-order valence-electron chi connectivity index (χ3n) is 7.22. The minimum Gasteiger partial charge on any atom is -0.459 e. The van der Waals surface area contributed by atoms with Gasteiger partial charge in [-0.25, -0.2) is 9.78 Å². The SMILES string of the molecule is C[C@@]12C[C@@H]1N(C(=O)CNC(=O)c1ccc(Oc3ccc(C(F)(F)F)cn3)cc1)[C@H](C(=O)OCc1ccccc1)C2. The van der Waals surface area contributed by atoms with Gasteiger partial charge >= 0.3 is 12.1 Å². The van der Waals surface area contributed by atoms with Crippen LogP contribution in [-0.2, 0) is 27.1 Å². The van der Waals surface area contributed by atoms with E-state index < -0.39 is 29.7 Å². The number of hydrogen-bond donors (Lipinski definition) is 1. The Bertz CT molecular complexity index is 1400. The van der Waals surface area contributed by atoms with Crippen LogP contribution in [0, 0.1) is 5.41 Å². The van der Waals surface area contributed by atoms with Gasteiger partial charge in [0, 0.05) is 23.9 Å². The van der Waals surface area contributed by atoms with E-state index in [9.17, 15) is 27.6 Å². The van der Waals surface area contributed by atoms with Crippen molar-refractivity contribution in [2.75, 3.05) is 6.54 Å². The normalized spacial score (nSPS) is 21.4. The maximum atomic E-state index is 13.1. The standard InChI is InChI=1S/C29H26F3N3O5/c1-28-13-22(27(38)39-17-18-5-3-2-4-6-18)35(23(28)14-28)25(36)16-34-26(37)19-7-10-21(11-8-19)40-24-12-9-20(15-33-24)29(30,31)32/h2-12,15,22-23H,13-14,16-17H2,1H3,(H,34,37)/t22-,23-,28+/m0/s1. The number of benzene rings is 2. The van der Waals surface area contributed by atoms with Crippen molar-refractivity contribution in [3.63, 3.8) is 0 Å². The highest BCUT2D eigenvalue weighted by atomic mass is 19.4. The summed E-state index contributed by atoms with van der Waals surface area (Å²) in [5.74, 6) is -1.11. The second-order valence-corrected chi connectivity index (χ2v) is 10.2. The molecule has 8 nitrogen and oxygen atoms in total. The lowest BCUT2D eigenvalue weighted by Gasteiger charge is -2.26. The van der Waals surface area contributed by atoms with Crippen LogP contribution < -0.4 is 10.1 Å². The first-order chi connectivity index (χ1) is 19.0. The molecule has 2 amide bonds. The monoisotopic (exact) mass is 553 g/mol. The predicted molar refractivity (Wildman–Crippen MR) is 136 cm³/mol. The highest BCUT2D eigenvalue weighted by Gasteiger charge is 2.64. The molecule has 2 heterocycles. The van der Waals surface area contributed by atoms with E-state index in [2.05, 4.69) is 10.3 Å². The zero-order valence-electron chi connectivity index (χ0n) is 21.5. The predicted octanol–water partition coefficient (Wildman–Crippen LogP) is 4.75. The molecule has 1 aliphatic heterocycles. The van der Waals surface area contributed by atoms with E-state index in [1.165, 1.54) is 24.3 Å². The summed E-state index contributed by atoms with van der Waals surface area (Å²) in [4.78, 5) is 43.8. The molecule has 208 valence electrons. The number of halogens is 3. The lowest BCUT2D eigenvalue weighted by atomic mass is 10.0. The van der Waals surface area contributed by atoms with Crippen LogP contribution in [0.3, 0.4) is 0 Å². The van der Waals surface area contributed by atoms with Crippen LogP contribution in [0.5, 0.6) is 11.6 Å². The number of hydrogen-bond acceptors (Lipinski definition) is 6. The second kappa shape index (κ2) is 10.6. The summed E-state index contributed by atoms with van der Waals surface area (Å²) < 4.78 is 49.0. The zero-order chi connectivity index (χ0) is 28.5. The molecule has 0 bridgehead atoms. The molecule has 40 heavy (non-hydrogen) atoms. The Hall–Kier alpha value is -4.41. The Morgan fingerprint density at radius 1 is 1.02 bits per heavy atom. The third-order valence-corrected chi connectivity index (χ3v) is 7.22. The number of piperidine rings is 1. The van der Waals surface area contributed by atoms with Crippen molar-refractivity contribution in [1.29, 1.82) is 0 Å². The van der Waals surface area contributed by atoms with Crippen molar-refractivity contribution >= 4 is 17.8 Å². The van der Waals surface area contributed by atoms with Crippen molar-refractivity contribution in [2.45, 2.75) is 44.6 Å². The highest BCUT2D eigenvalue weighted by molar-refractivity contribution is 5.97. The Kier molecular flexibility index (Phi) is 7.22. The molecule has 11 heteroatoms. The minimum atomic E-state index is -4.50. The molecule has 0 radical (unpaired) electrons. The Morgan fingerprint density at radius 2 is 1.75 bits per heavy atom. The number of alkyl halides is 3. The van der Waals surface area contributed by atoms with E-state index in [-0.39, 0.29) is 47.7 Å². The fraction of sp³-hybridized carbons (Fsp3) is 0.310. The molecule has 0 spiro atoms. The minimum absolute atomic E-state index is 0.0367. The number of pyridine rings is 1. The maximum Gasteiger partial charge on any atom is 0.417 e. The fourth-order valence-electron chi connectivity index (χ4n) is 4.92. The lowest BCUT2D eigenvalue weighted by Crippen LogP contribution is -2.48. The zero-order valence-corrected chi connectivity index (χ0v) is 21.5. The number of fused-ring (bicyclic) bond motifs is 1. The molecule has 3 atom stereocenters. The number of likely N-dealkylation sites (tertiary alicyclic amines) is 1. The van der Waals surface area contributed by atoms with Crippen molar-refractivity contribution in [1.82, 2.24) is 15.2 Å². The molecule has 5 rings (SSSR count). The van der Waals surface area contributed by atoms with E-state index in [0.717, 1.165) is 24.1 Å². The number of nitrogens with one attached hydrogen (secondary N) is 1. The molecule has 1 N–H and O–H groups in total.